The Bertz CT molecular complexity index is 560. The Morgan fingerprint density at radius 1 is 1.16 bits per heavy atom. The first-order valence-electron chi connectivity index (χ1n) is 6.00. The topological polar surface area (TPSA) is 21.3 Å². The van der Waals surface area contributed by atoms with Crippen molar-refractivity contribution >= 4 is 15.9 Å². The summed E-state index contributed by atoms with van der Waals surface area (Å²) in [5.74, 6) is 0.524. The number of halogens is 2. The molecule has 0 bridgehead atoms. The number of nitrogens with one attached hydrogen (secondary N) is 1. The minimum atomic E-state index is -0.241. The quantitative estimate of drug-likeness (QED) is 0.901. The molecule has 0 fully saturated rings. The van der Waals surface area contributed by atoms with E-state index in [2.05, 4.69) is 21.2 Å². The zero-order valence-electron chi connectivity index (χ0n) is 10.6. The smallest absolute Gasteiger partial charge is 0.129 e. The van der Waals surface area contributed by atoms with Crippen LogP contribution in [0.2, 0.25) is 0 Å². The van der Waals surface area contributed by atoms with E-state index in [1.807, 2.05) is 25.2 Å². The number of hydrogen-bond donors (Lipinski definition) is 1. The van der Waals surface area contributed by atoms with Crippen molar-refractivity contribution in [3.63, 3.8) is 0 Å². The highest BCUT2D eigenvalue weighted by Gasteiger charge is 2.06. The molecular formula is C15H15BrFNO. The van der Waals surface area contributed by atoms with Crippen LogP contribution in [0.1, 0.15) is 11.1 Å². The number of hydrogen-bond acceptors (Lipinski definition) is 2. The van der Waals surface area contributed by atoms with Crippen LogP contribution >= 0.6 is 15.9 Å². The molecule has 0 saturated carbocycles. The molecule has 0 unspecified atom stereocenters. The molecule has 2 aromatic rings. The van der Waals surface area contributed by atoms with Gasteiger partial charge in [0.25, 0.3) is 0 Å². The van der Waals surface area contributed by atoms with Gasteiger partial charge in [0.05, 0.1) is 0 Å². The lowest BCUT2D eigenvalue weighted by atomic mass is 10.2. The van der Waals surface area contributed by atoms with E-state index < -0.39 is 0 Å². The van der Waals surface area contributed by atoms with Gasteiger partial charge in [0.15, 0.2) is 0 Å². The van der Waals surface area contributed by atoms with Gasteiger partial charge in [-0.25, -0.2) is 4.39 Å². The molecule has 0 amide bonds. The first-order valence-corrected chi connectivity index (χ1v) is 6.79. The predicted octanol–water partition coefficient (Wildman–Crippen LogP) is 3.89. The highest BCUT2D eigenvalue weighted by Crippen LogP contribution is 2.24. The Labute approximate surface area is 120 Å². The summed E-state index contributed by atoms with van der Waals surface area (Å²) in [5, 5.41) is 3.09. The molecule has 19 heavy (non-hydrogen) atoms. The largest absolute Gasteiger partial charge is 0.488 e. The first-order chi connectivity index (χ1) is 9.20. The van der Waals surface area contributed by atoms with E-state index in [1.54, 1.807) is 18.2 Å². The standard InChI is InChI=1S/C15H15BrFNO/c1-18-9-12-8-13(16)6-7-15(12)19-10-11-4-2-3-5-14(11)17/h2-8,18H,9-10H2,1H3. The van der Waals surface area contributed by atoms with Gasteiger partial charge in [-0.3, -0.25) is 0 Å². The molecule has 1 N–H and O–H groups in total. The van der Waals surface area contributed by atoms with E-state index in [-0.39, 0.29) is 12.4 Å². The average Bonchev–Trinajstić information content (AvgIpc) is 2.40. The van der Waals surface area contributed by atoms with Crippen molar-refractivity contribution in [3.8, 4) is 5.75 Å². The maximum atomic E-state index is 13.5. The first kappa shape index (κ1) is 14.0. The summed E-state index contributed by atoms with van der Waals surface area (Å²) < 4.78 is 20.2. The average molecular weight is 324 g/mol. The van der Waals surface area contributed by atoms with Gasteiger partial charge in [-0.15, -0.1) is 0 Å². The van der Waals surface area contributed by atoms with Gasteiger partial charge in [0, 0.05) is 22.1 Å². The van der Waals surface area contributed by atoms with Crippen molar-refractivity contribution in [2.45, 2.75) is 13.2 Å². The van der Waals surface area contributed by atoms with E-state index in [9.17, 15) is 4.39 Å². The van der Waals surface area contributed by atoms with Crippen LogP contribution in [0.4, 0.5) is 4.39 Å². The third kappa shape index (κ3) is 3.78. The molecule has 0 aromatic heterocycles. The summed E-state index contributed by atoms with van der Waals surface area (Å²) in [6, 6.07) is 12.4. The molecule has 0 heterocycles. The summed E-state index contributed by atoms with van der Waals surface area (Å²) >= 11 is 3.43. The predicted molar refractivity (Wildman–Crippen MR) is 77.6 cm³/mol. The SMILES string of the molecule is CNCc1cc(Br)ccc1OCc1ccccc1F. The van der Waals surface area contributed by atoms with Crippen LogP contribution in [-0.2, 0) is 13.2 Å². The molecule has 0 spiro atoms. The molecule has 0 aliphatic heterocycles. The minimum Gasteiger partial charge on any atom is -0.488 e. The lowest BCUT2D eigenvalue weighted by molar-refractivity contribution is 0.296. The van der Waals surface area contributed by atoms with Crippen LogP contribution in [0.25, 0.3) is 0 Å². The van der Waals surface area contributed by atoms with Crippen molar-refractivity contribution in [1.29, 1.82) is 0 Å². The van der Waals surface area contributed by atoms with Crippen molar-refractivity contribution in [2.24, 2.45) is 0 Å². The molecule has 2 aromatic carbocycles. The van der Waals surface area contributed by atoms with Gasteiger partial charge >= 0.3 is 0 Å². The zero-order valence-corrected chi connectivity index (χ0v) is 12.2. The second kappa shape index (κ2) is 6.68. The van der Waals surface area contributed by atoms with Crippen LogP contribution in [0.15, 0.2) is 46.9 Å². The Morgan fingerprint density at radius 2 is 1.95 bits per heavy atom. The molecule has 4 heteroatoms. The second-order valence-electron chi connectivity index (χ2n) is 4.16. The molecule has 0 aliphatic carbocycles. The van der Waals surface area contributed by atoms with E-state index >= 15 is 0 Å². The van der Waals surface area contributed by atoms with E-state index in [0.717, 1.165) is 15.8 Å². The molecule has 0 atom stereocenters. The summed E-state index contributed by atoms with van der Waals surface area (Å²) in [6.45, 7) is 0.928. The van der Waals surface area contributed by atoms with Gasteiger partial charge in [-0.05, 0) is 31.3 Å². The zero-order chi connectivity index (χ0) is 13.7. The molecule has 0 saturated heterocycles. The lowest BCUT2D eigenvalue weighted by Crippen LogP contribution is -2.08. The van der Waals surface area contributed by atoms with Crippen molar-refractivity contribution < 1.29 is 9.13 Å². The monoisotopic (exact) mass is 323 g/mol. The van der Waals surface area contributed by atoms with E-state index in [4.69, 9.17) is 4.74 Å². The molecular weight excluding hydrogens is 309 g/mol. The van der Waals surface area contributed by atoms with Crippen molar-refractivity contribution in [2.75, 3.05) is 7.05 Å². The molecule has 0 radical (unpaired) electrons. The second-order valence-corrected chi connectivity index (χ2v) is 5.08. The van der Waals surface area contributed by atoms with Crippen LogP contribution in [0, 0.1) is 5.82 Å². The van der Waals surface area contributed by atoms with Crippen LogP contribution in [0.3, 0.4) is 0 Å². The van der Waals surface area contributed by atoms with Gasteiger partial charge in [-0.2, -0.15) is 0 Å². The third-order valence-electron chi connectivity index (χ3n) is 2.73. The summed E-state index contributed by atoms with van der Waals surface area (Å²) in [7, 11) is 1.88. The number of ether oxygens (including phenoxy) is 1. The highest BCUT2D eigenvalue weighted by atomic mass is 79.9. The minimum absolute atomic E-state index is 0.227. The normalized spacial score (nSPS) is 10.5. The third-order valence-corrected chi connectivity index (χ3v) is 3.22. The number of benzene rings is 2. The van der Waals surface area contributed by atoms with Crippen molar-refractivity contribution in [1.82, 2.24) is 5.32 Å². The maximum absolute atomic E-state index is 13.5. The Kier molecular flexibility index (Phi) is 4.93. The fourth-order valence-electron chi connectivity index (χ4n) is 1.79. The Morgan fingerprint density at radius 3 is 2.68 bits per heavy atom. The molecule has 2 nitrogen and oxygen atoms in total. The summed E-state index contributed by atoms with van der Waals surface area (Å²) in [5.41, 5.74) is 1.59. The Hall–Kier alpha value is -1.39. The van der Waals surface area contributed by atoms with Crippen molar-refractivity contribution in [3.05, 3.63) is 63.9 Å². The summed E-state index contributed by atoms with van der Waals surface area (Å²) in [6.07, 6.45) is 0. The summed E-state index contributed by atoms with van der Waals surface area (Å²) in [4.78, 5) is 0. The van der Waals surface area contributed by atoms with Crippen LogP contribution in [-0.4, -0.2) is 7.05 Å². The molecule has 2 rings (SSSR count). The Balaban J connectivity index is 2.13. The highest BCUT2D eigenvalue weighted by molar-refractivity contribution is 9.10. The van der Waals surface area contributed by atoms with Crippen LogP contribution < -0.4 is 10.1 Å². The lowest BCUT2D eigenvalue weighted by Gasteiger charge is -2.12. The van der Waals surface area contributed by atoms with Gasteiger partial charge in [0.2, 0.25) is 0 Å². The molecule has 100 valence electrons. The fourth-order valence-corrected chi connectivity index (χ4v) is 2.20. The molecule has 0 aliphatic rings. The van der Waals surface area contributed by atoms with Crippen LogP contribution in [0.5, 0.6) is 5.75 Å². The number of rotatable bonds is 5. The van der Waals surface area contributed by atoms with Gasteiger partial charge < -0.3 is 10.1 Å². The maximum Gasteiger partial charge on any atom is 0.129 e. The van der Waals surface area contributed by atoms with Gasteiger partial charge in [-0.1, -0.05) is 34.1 Å². The van der Waals surface area contributed by atoms with E-state index in [0.29, 0.717) is 12.1 Å². The van der Waals surface area contributed by atoms with E-state index in [1.165, 1.54) is 6.07 Å². The fraction of sp³-hybridized carbons (Fsp3) is 0.200. The van der Waals surface area contributed by atoms with Gasteiger partial charge in [0.1, 0.15) is 18.2 Å².